The van der Waals surface area contributed by atoms with E-state index in [9.17, 15) is 0 Å². The first-order valence-corrected chi connectivity index (χ1v) is 23.5. The molecule has 37 heavy (non-hydrogen) atoms. The van der Waals surface area contributed by atoms with E-state index in [0.29, 0.717) is 0 Å². The second-order valence-corrected chi connectivity index (χ2v) is 46.7. The molecule has 0 fully saturated rings. The van der Waals surface area contributed by atoms with E-state index in [1.165, 1.54) is 0 Å². The number of rotatable bonds is 4. The van der Waals surface area contributed by atoms with E-state index in [-0.39, 0.29) is 797 Å². The maximum atomic E-state index is 3.09. The minimum atomic E-state index is 0. The Morgan fingerprint density at radius 2 is 0.378 bits per heavy atom. The number of hydrogen-bond acceptors (Lipinski definition) is 0. The van der Waals surface area contributed by atoms with Crippen LogP contribution in [-0.4, -0.2) is 0 Å². The third-order valence-corrected chi connectivity index (χ3v) is 67.5. The average Bonchev–Trinajstić information content (AvgIpc) is 1.85. The molecular weight excluding hydrogens is 1370 g/mol. The summed E-state index contributed by atoms with van der Waals surface area (Å²) in [7, 11) is 21.0. The molecule has 0 aromatic rings. The Bertz CT molecular complexity index is 209. The molecule has 33 heteroatoms. The average molecular weight is 1410 g/mol. The molecule has 0 aromatic carbocycles. The summed E-state index contributed by atoms with van der Waals surface area (Å²) >= 11 is 0. The molecule has 0 aliphatic rings. The van der Waals surface area contributed by atoms with Gasteiger partial charge in [0.2, 0.25) is 0 Å². The van der Waals surface area contributed by atoms with Gasteiger partial charge in [0.05, 0.1) is 0 Å². The quantitative estimate of drug-likeness (QED) is 0.194. The Labute approximate surface area is 829 Å². The SMILES string of the molecule is C.C.C.C.PP(P)P(P)P(P(P)P)P(P)P.[H-].[H-].[H-].[H-].[H-].[H-].[H-].[H-].[H-].[H-].[K+].[K+].[K+].[K+].[K+].[K+].[K+].[K+].[K+].[K+].[V].[V].[V].[V].[V].[V].[V].[V].[V].[V].[V]. The molecule has 11 radical (unpaired) electrons. The van der Waals surface area contributed by atoms with Crippen molar-refractivity contribution in [3.8, 4) is 0 Å². The van der Waals surface area contributed by atoms with Crippen LogP contribution in [-0.2, 0) is 204 Å². The molecule has 0 nitrogen and oxygen atoms in total. The molecule has 181 valence electrons. The molecular formula is C4H40K10P12V11. The Morgan fingerprint density at radius 3 is 0.405 bits per heavy atom. The van der Waals surface area contributed by atoms with E-state index in [0.717, 1.165) is 0 Å². The third kappa shape index (κ3) is 127. The summed E-state index contributed by atoms with van der Waals surface area (Å²) in [5.74, 6) is 0. The molecule has 0 saturated carbocycles. The zero-order valence-electron chi connectivity index (χ0n) is 31.2. The van der Waals surface area contributed by atoms with Crippen LogP contribution in [0.3, 0.4) is 0 Å². The van der Waals surface area contributed by atoms with E-state index in [4.69, 9.17) is 0 Å². The zero-order chi connectivity index (χ0) is 9.89. The minimum Gasteiger partial charge on any atom is -1.00 e. The van der Waals surface area contributed by atoms with Gasteiger partial charge < -0.3 is 14.3 Å². The van der Waals surface area contributed by atoms with Gasteiger partial charge >= 0.3 is 514 Å². The number of hydrogen-bond donors (Lipinski definition) is 0. The summed E-state index contributed by atoms with van der Waals surface area (Å²) in [6.07, 6.45) is 0. The van der Waals surface area contributed by atoms with Crippen molar-refractivity contribution in [1.82, 2.24) is 0 Å². The van der Waals surface area contributed by atoms with Crippen LogP contribution in [0.2, 0.25) is 0 Å². The standard InChI is InChI=1S/4CH4.10K.H14P12.11V.10H/c;;;;;;;;;;;;;;1-8(2)11(7)12(9(3)4)10(5)6;;;;;;;;;;;;;;;;;;;;;/h4*1H4;;;;;;;;;;;1-7H2;;;;;;;;;;;;;;;;;;;;;/q;;;;10*+1;;;;;;;;;;;;;10*-1. The van der Waals surface area contributed by atoms with Gasteiger partial charge in [-0.2, -0.15) is 0 Å². The molecule has 0 rings (SSSR count). The van der Waals surface area contributed by atoms with Crippen molar-refractivity contribution in [2.75, 3.05) is 0 Å². The molecule has 0 saturated heterocycles. The van der Waals surface area contributed by atoms with Gasteiger partial charge in [-0.05, 0) is 34.9 Å². The monoisotopic (exact) mass is 1410 g/mol. The molecule has 0 aliphatic carbocycles. The van der Waals surface area contributed by atoms with E-state index in [1.54, 1.807) is 0 Å². The maximum absolute atomic E-state index is 3.09. The summed E-state index contributed by atoms with van der Waals surface area (Å²) in [6, 6.07) is 0. The summed E-state index contributed by atoms with van der Waals surface area (Å²) < 4.78 is 0. The van der Waals surface area contributed by atoms with E-state index in [2.05, 4.69) is 62.5 Å². The smallest absolute Gasteiger partial charge is 1.00 e. The summed E-state index contributed by atoms with van der Waals surface area (Å²) in [4.78, 5) is 0. The Kier molecular flexibility index (Phi) is 650. The van der Waals surface area contributed by atoms with Gasteiger partial charge in [0, 0.05) is 204 Å². The van der Waals surface area contributed by atoms with Gasteiger partial charge in [-0.1, -0.05) is 29.7 Å². The molecule has 8 atom stereocenters. The summed E-state index contributed by atoms with van der Waals surface area (Å²) in [6.45, 7) is 0.700. The Morgan fingerprint density at radius 1 is 0.270 bits per heavy atom. The molecule has 8 unspecified atom stereocenters. The molecule has 0 aliphatic heterocycles. The largest absolute Gasteiger partial charge is 1.00 e. The van der Waals surface area contributed by atoms with Crippen molar-refractivity contribution in [2.45, 2.75) is 29.7 Å². The second-order valence-electron chi connectivity index (χ2n) is 1.73. The Hall–Kier alpha value is 28.0. The van der Waals surface area contributed by atoms with Crippen LogP contribution in [0, 0.1) is 0 Å². The fraction of sp³-hybridized carbons (Fsp3) is 1.00. The zero-order valence-corrected chi connectivity index (χ0v) is 80.3. The van der Waals surface area contributed by atoms with E-state index in [1.807, 2.05) is 0 Å². The van der Waals surface area contributed by atoms with Gasteiger partial charge in [0.1, 0.15) is 0 Å². The van der Waals surface area contributed by atoms with Crippen LogP contribution >= 0.6 is 97.4 Å². The van der Waals surface area contributed by atoms with Gasteiger partial charge in [-0.25, -0.2) is 0 Å². The van der Waals surface area contributed by atoms with Gasteiger partial charge in [0.25, 0.3) is 0 Å². The molecule has 0 N–H and O–H groups in total. The van der Waals surface area contributed by atoms with Crippen molar-refractivity contribution in [3.63, 3.8) is 0 Å². The van der Waals surface area contributed by atoms with Crippen molar-refractivity contribution in [1.29, 1.82) is 0 Å². The second kappa shape index (κ2) is 137. The van der Waals surface area contributed by atoms with Crippen molar-refractivity contribution < 1.29 is 732 Å². The van der Waals surface area contributed by atoms with Crippen LogP contribution in [0.5, 0.6) is 0 Å². The van der Waals surface area contributed by atoms with Crippen molar-refractivity contribution in [2.24, 2.45) is 0 Å². The van der Waals surface area contributed by atoms with Gasteiger partial charge in [-0.3, -0.25) is 0 Å². The van der Waals surface area contributed by atoms with Crippen LogP contribution in [0.1, 0.15) is 44.0 Å². The van der Waals surface area contributed by atoms with Crippen LogP contribution in [0.15, 0.2) is 0 Å². The van der Waals surface area contributed by atoms with E-state index >= 15 is 0 Å². The fourth-order valence-electron chi connectivity index (χ4n) is 0.423. The summed E-state index contributed by atoms with van der Waals surface area (Å²) in [5.41, 5.74) is 0. The van der Waals surface area contributed by atoms with Gasteiger partial charge in [-0.15, -0.1) is 62.5 Å². The maximum Gasteiger partial charge on any atom is 1.00 e. The molecule has 0 spiro atoms. The third-order valence-electron chi connectivity index (χ3n) is 0.833. The van der Waals surface area contributed by atoms with E-state index < -0.39 is 0 Å². The van der Waals surface area contributed by atoms with Crippen molar-refractivity contribution >= 4 is 97.4 Å². The predicted octanol–water partition coefficient (Wildman–Crippen LogP) is -19.7. The Balaban J connectivity index is -0.00000000102. The van der Waals surface area contributed by atoms with Crippen LogP contribution < -0.4 is 514 Å². The first kappa shape index (κ1) is 175. The molecule has 0 bridgehead atoms. The first-order valence-electron chi connectivity index (χ1n) is 2.61. The van der Waals surface area contributed by atoms with Crippen molar-refractivity contribution in [3.05, 3.63) is 0 Å². The first-order chi connectivity index (χ1) is 5.37. The minimum absolute atomic E-state index is 0. The van der Waals surface area contributed by atoms with Crippen LogP contribution in [0.25, 0.3) is 0 Å². The topological polar surface area (TPSA) is 0 Å². The van der Waals surface area contributed by atoms with Crippen LogP contribution in [0.4, 0.5) is 0 Å². The summed E-state index contributed by atoms with van der Waals surface area (Å²) in [5, 5.41) is 0. The molecule has 0 amide bonds. The normalized spacial score (nSPS) is 4.95. The predicted molar refractivity (Wildman–Crippen MR) is 141 cm³/mol. The fourth-order valence-corrected chi connectivity index (χ4v) is 103. The molecule has 0 aromatic heterocycles. The van der Waals surface area contributed by atoms with Gasteiger partial charge in [0.15, 0.2) is 0 Å². The molecule has 0 heterocycles.